The summed E-state index contributed by atoms with van der Waals surface area (Å²) in [5.74, 6) is -0.0103. The molecule has 0 amide bonds. The summed E-state index contributed by atoms with van der Waals surface area (Å²) in [4.78, 5) is 12.8. The first-order chi connectivity index (χ1) is 17.1. The van der Waals surface area contributed by atoms with Gasteiger partial charge in [0.1, 0.15) is 17.4 Å². The van der Waals surface area contributed by atoms with Crippen LogP contribution in [-0.4, -0.2) is 42.8 Å². The molecule has 3 fully saturated rings. The second-order valence-electron chi connectivity index (χ2n) is 11.7. The molecule has 5 nitrogen and oxygen atoms in total. The van der Waals surface area contributed by atoms with E-state index in [2.05, 4.69) is 18.1 Å². The van der Waals surface area contributed by atoms with E-state index < -0.39 is 28.2 Å². The third-order valence-corrected chi connectivity index (χ3v) is 10.9. The Balaban J connectivity index is 1.35. The van der Waals surface area contributed by atoms with Gasteiger partial charge in [-0.05, 0) is 97.6 Å². The molecule has 0 aliphatic heterocycles. The van der Waals surface area contributed by atoms with Crippen molar-refractivity contribution in [3.63, 3.8) is 0 Å². The summed E-state index contributed by atoms with van der Waals surface area (Å²) in [6, 6.07) is 5.46. The van der Waals surface area contributed by atoms with Gasteiger partial charge in [0.25, 0.3) is 0 Å². The van der Waals surface area contributed by atoms with E-state index in [0.717, 1.165) is 36.2 Å². The molecule has 3 saturated carbocycles. The number of benzene rings is 1. The number of aliphatic hydroxyl groups is 2. The Morgan fingerprint density at radius 2 is 2.00 bits per heavy atom. The van der Waals surface area contributed by atoms with Crippen molar-refractivity contribution < 1.29 is 23.8 Å². The second-order valence-corrected chi connectivity index (χ2v) is 12.5. The molecule has 6 rings (SSSR count). The Bertz CT molecular complexity index is 1250. The molecule has 0 unspecified atom stereocenters. The zero-order valence-electron chi connectivity index (χ0n) is 20.6. The lowest BCUT2D eigenvalue weighted by Gasteiger charge is -2.60. The predicted octanol–water partition coefficient (Wildman–Crippen LogP) is 5.08. The number of halogens is 2. The number of carbonyl (C=O) groups excluding carboxylic acids is 1. The van der Waals surface area contributed by atoms with Crippen LogP contribution in [0, 0.1) is 34.4 Å². The van der Waals surface area contributed by atoms with Crippen molar-refractivity contribution >= 4 is 23.0 Å². The molecule has 2 aromatic rings. The van der Waals surface area contributed by atoms with Gasteiger partial charge in [0, 0.05) is 5.41 Å². The van der Waals surface area contributed by atoms with E-state index >= 15 is 0 Å². The van der Waals surface area contributed by atoms with Crippen LogP contribution < -0.4 is 0 Å². The molecular formula is C28H32F2N2O3S. The summed E-state index contributed by atoms with van der Waals surface area (Å²) in [6.45, 7) is 4.17. The maximum atomic E-state index is 13.5. The van der Waals surface area contributed by atoms with Crippen molar-refractivity contribution in [1.82, 2.24) is 9.78 Å². The smallest absolute Gasteiger partial charge is 0.223 e. The van der Waals surface area contributed by atoms with E-state index in [0.29, 0.717) is 31.0 Å². The lowest BCUT2D eigenvalue weighted by molar-refractivity contribution is -0.173. The highest BCUT2D eigenvalue weighted by Gasteiger charge is 2.68. The third-order valence-electron chi connectivity index (χ3n) is 10.2. The number of fused-ring (bicyclic) bond motifs is 6. The van der Waals surface area contributed by atoms with Crippen LogP contribution in [0.3, 0.4) is 0 Å². The molecule has 0 saturated heterocycles. The number of aromatic nitrogens is 2. The van der Waals surface area contributed by atoms with Crippen LogP contribution in [0.2, 0.25) is 0 Å². The Kier molecular flexibility index (Phi) is 5.56. The molecule has 1 heterocycles. The predicted molar refractivity (Wildman–Crippen MR) is 135 cm³/mol. The highest BCUT2D eigenvalue weighted by molar-refractivity contribution is 8.13. The number of carbonyl (C=O) groups is 1. The van der Waals surface area contributed by atoms with E-state index in [-0.39, 0.29) is 29.0 Å². The SMILES string of the molecule is C[C@]12Cc3cnn(-c4ccc(F)cc4)c3C=C1CC[C@@H]1[C@@H]2[C@@H](O)C[C@@]2(C)[C@H]1CC[C@]2(O)C(=O)SCF. The van der Waals surface area contributed by atoms with Crippen LogP contribution in [0.5, 0.6) is 0 Å². The third kappa shape index (κ3) is 3.19. The van der Waals surface area contributed by atoms with Crippen molar-refractivity contribution in [3.8, 4) is 5.69 Å². The van der Waals surface area contributed by atoms with Gasteiger partial charge in [-0.3, -0.25) is 4.79 Å². The number of alkyl halides is 1. The Labute approximate surface area is 214 Å². The van der Waals surface area contributed by atoms with Gasteiger partial charge in [-0.15, -0.1) is 0 Å². The standard InChI is InChI=1S/C28H32F2N2O3S/c1-26-12-16-14-31-32(19-6-4-18(30)5-7-19)22(16)11-17(26)3-8-20-21-9-10-28(35,25(34)36-15-29)27(21,2)13-23(33)24(20)26/h4-7,11,14,20-21,23-24,33,35H,3,8-10,12-13,15H2,1-2H3/t20-,21-,23-,24+,26-,27-,28-/m0/s1. The van der Waals surface area contributed by atoms with Crippen molar-refractivity contribution in [3.05, 3.63) is 53.1 Å². The number of allylic oxidation sites excluding steroid dienone is 1. The Morgan fingerprint density at radius 3 is 2.72 bits per heavy atom. The average Bonchev–Trinajstić information content (AvgIpc) is 3.35. The first-order valence-electron chi connectivity index (χ1n) is 12.8. The molecule has 4 aliphatic carbocycles. The number of aliphatic hydroxyl groups excluding tert-OH is 1. The molecule has 192 valence electrons. The van der Waals surface area contributed by atoms with Gasteiger partial charge in [0.15, 0.2) is 0 Å². The van der Waals surface area contributed by atoms with Crippen molar-refractivity contribution in [2.75, 3.05) is 6.01 Å². The lowest BCUT2D eigenvalue weighted by atomic mass is 9.45. The fraction of sp³-hybridized carbons (Fsp3) is 0.571. The molecule has 1 aromatic carbocycles. The molecule has 8 heteroatoms. The van der Waals surface area contributed by atoms with Crippen molar-refractivity contribution in [1.29, 1.82) is 0 Å². The fourth-order valence-electron chi connectivity index (χ4n) is 8.48. The second kappa shape index (κ2) is 8.23. The molecule has 0 spiro atoms. The number of thioether (sulfide) groups is 1. The molecular weight excluding hydrogens is 482 g/mol. The number of rotatable bonds is 3. The summed E-state index contributed by atoms with van der Waals surface area (Å²) in [7, 11) is 0. The summed E-state index contributed by atoms with van der Waals surface area (Å²) in [5.41, 5.74) is 1.58. The monoisotopic (exact) mass is 514 g/mol. The summed E-state index contributed by atoms with van der Waals surface area (Å²) >= 11 is 0.547. The Hall–Kier alpha value is -2.03. The molecule has 36 heavy (non-hydrogen) atoms. The minimum atomic E-state index is -1.60. The van der Waals surface area contributed by atoms with Crippen LogP contribution in [0.25, 0.3) is 11.8 Å². The summed E-state index contributed by atoms with van der Waals surface area (Å²) in [6.07, 6.45) is 7.27. The fourth-order valence-corrected chi connectivity index (χ4v) is 9.15. The van der Waals surface area contributed by atoms with Crippen LogP contribution in [0.1, 0.15) is 57.2 Å². The van der Waals surface area contributed by atoms with E-state index in [1.807, 2.05) is 17.8 Å². The normalized spacial score (nSPS) is 39.0. The number of nitrogens with zero attached hydrogens (tertiary/aromatic N) is 2. The molecule has 0 radical (unpaired) electrons. The maximum absolute atomic E-state index is 13.5. The highest BCUT2D eigenvalue weighted by atomic mass is 32.2. The molecule has 2 N–H and O–H groups in total. The highest BCUT2D eigenvalue weighted by Crippen LogP contribution is 2.68. The number of hydrogen-bond acceptors (Lipinski definition) is 5. The topological polar surface area (TPSA) is 75.3 Å². The van der Waals surface area contributed by atoms with E-state index in [1.165, 1.54) is 17.7 Å². The van der Waals surface area contributed by atoms with E-state index in [9.17, 15) is 23.8 Å². The van der Waals surface area contributed by atoms with Gasteiger partial charge in [0.2, 0.25) is 5.12 Å². The Morgan fingerprint density at radius 1 is 1.25 bits per heavy atom. The molecule has 1 aromatic heterocycles. The average molecular weight is 515 g/mol. The van der Waals surface area contributed by atoms with Gasteiger partial charge in [-0.1, -0.05) is 31.2 Å². The summed E-state index contributed by atoms with van der Waals surface area (Å²) < 4.78 is 28.3. The summed E-state index contributed by atoms with van der Waals surface area (Å²) in [5, 5.41) is 27.3. The van der Waals surface area contributed by atoms with Crippen LogP contribution in [0.15, 0.2) is 36.0 Å². The van der Waals surface area contributed by atoms with Gasteiger partial charge in [-0.25, -0.2) is 13.5 Å². The van der Waals surface area contributed by atoms with Crippen molar-refractivity contribution in [2.45, 2.75) is 64.1 Å². The van der Waals surface area contributed by atoms with E-state index in [4.69, 9.17) is 0 Å². The van der Waals surface area contributed by atoms with Gasteiger partial charge in [-0.2, -0.15) is 5.10 Å². The lowest BCUT2D eigenvalue weighted by Crippen LogP contribution is -2.61. The number of hydrogen-bond donors (Lipinski definition) is 2. The zero-order valence-corrected chi connectivity index (χ0v) is 21.4. The van der Waals surface area contributed by atoms with Gasteiger partial charge >= 0.3 is 0 Å². The molecule has 0 bridgehead atoms. The molecule has 7 atom stereocenters. The van der Waals surface area contributed by atoms with Gasteiger partial charge < -0.3 is 10.2 Å². The largest absolute Gasteiger partial charge is 0.393 e. The quantitative estimate of drug-likeness (QED) is 0.597. The molecule has 4 aliphatic rings. The first kappa shape index (κ1) is 24.3. The minimum Gasteiger partial charge on any atom is -0.393 e. The first-order valence-corrected chi connectivity index (χ1v) is 13.8. The van der Waals surface area contributed by atoms with Crippen LogP contribution >= 0.6 is 11.8 Å². The van der Waals surface area contributed by atoms with Crippen molar-refractivity contribution in [2.24, 2.45) is 28.6 Å². The van der Waals surface area contributed by atoms with Gasteiger partial charge in [0.05, 0.1) is 23.7 Å². The van der Waals surface area contributed by atoms with E-state index in [1.54, 1.807) is 12.1 Å². The zero-order chi connectivity index (χ0) is 25.5. The maximum Gasteiger partial charge on any atom is 0.223 e. The minimum absolute atomic E-state index is 0.00387. The van der Waals surface area contributed by atoms with Crippen LogP contribution in [0.4, 0.5) is 8.78 Å². The van der Waals surface area contributed by atoms with Crippen LogP contribution in [-0.2, 0) is 11.2 Å².